The largest absolute Gasteiger partial charge is 0.508 e. The van der Waals surface area contributed by atoms with E-state index in [1.807, 2.05) is 24.3 Å². The van der Waals surface area contributed by atoms with Crippen LogP contribution in [0.1, 0.15) is 5.56 Å². The zero-order chi connectivity index (χ0) is 11.1. The van der Waals surface area contributed by atoms with Crippen molar-refractivity contribution in [3.63, 3.8) is 0 Å². The molecule has 15 heavy (non-hydrogen) atoms. The summed E-state index contributed by atoms with van der Waals surface area (Å²) >= 11 is 0. The Labute approximate surface area is 91.2 Å². The summed E-state index contributed by atoms with van der Waals surface area (Å²) < 4.78 is 0. The summed E-state index contributed by atoms with van der Waals surface area (Å²) in [5, 5.41) is 9.33. The first kappa shape index (κ1) is 11.5. The van der Waals surface area contributed by atoms with Crippen LogP contribution in [0.25, 0.3) is 0 Å². The fourth-order valence-electron chi connectivity index (χ4n) is 1.48. The number of nitrogens with zero attached hydrogens (tertiary/aromatic N) is 1. The monoisotopic (exact) mass is 203 g/mol. The summed E-state index contributed by atoms with van der Waals surface area (Å²) in [6.45, 7) is 9.87. The Balaban J connectivity index is 2.64. The lowest BCUT2D eigenvalue weighted by Crippen LogP contribution is -2.23. The predicted octanol–water partition coefficient (Wildman–Crippen LogP) is 2.57. The second kappa shape index (κ2) is 6.04. The first-order chi connectivity index (χ1) is 7.26. The Bertz CT molecular complexity index is 323. The van der Waals surface area contributed by atoms with E-state index in [0.717, 1.165) is 25.2 Å². The number of aromatic hydroxyl groups is 1. The number of hydrogen-bond donors (Lipinski definition) is 1. The topological polar surface area (TPSA) is 23.5 Å². The second-order valence-corrected chi connectivity index (χ2v) is 3.44. The molecular formula is C13H17NO. The normalized spacial score (nSPS) is 10.2. The molecule has 0 aromatic heterocycles. The SMILES string of the molecule is C=CCN(CC=C)Cc1cccc(O)c1. The van der Waals surface area contributed by atoms with Gasteiger partial charge in [-0.05, 0) is 17.7 Å². The molecular weight excluding hydrogens is 186 g/mol. The van der Waals surface area contributed by atoms with Gasteiger partial charge in [0, 0.05) is 19.6 Å². The Morgan fingerprint density at radius 2 is 1.87 bits per heavy atom. The Kier molecular flexibility index (Phi) is 4.64. The van der Waals surface area contributed by atoms with Gasteiger partial charge in [-0.25, -0.2) is 0 Å². The highest BCUT2D eigenvalue weighted by molar-refractivity contribution is 5.27. The molecule has 0 saturated carbocycles. The van der Waals surface area contributed by atoms with Gasteiger partial charge < -0.3 is 5.11 Å². The third-order valence-corrected chi connectivity index (χ3v) is 2.09. The third kappa shape index (κ3) is 4.00. The highest BCUT2D eigenvalue weighted by Crippen LogP contribution is 2.12. The number of phenolic OH excluding ortho intramolecular Hbond substituents is 1. The molecule has 1 rings (SSSR count). The van der Waals surface area contributed by atoms with Crippen molar-refractivity contribution in [1.82, 2.24) is 4.90 Å². The molecule has 2 heteroatoms. The van der Waals surface area contributed by atoms with E-state index >= 15 is 0 Å². The van der Waals surface area contributed by atoms with Gasteiger partial charge in [-0.3, -0.25) is 4.90 Å². The molecule has 0 atom stereocenters. The first-order valence-corrected chi connectivity index (χ1v) is 4.98. The molecule has 0 bridgehead atoms. The summed E-state index contributed by atoms with van der Waals surface area (Å²) in [5.74, 6) is 0.310. The van der Waals surface area contributed by atoms with Gasteiger partial charge in [0.1, 0.15) is 5.75 Å². The fraction of sp³-hybridized carbons (Fsp3) is 0.231. The maximum atomic E-state index is 9.33. The summed E-state index contributed by atoms with van der Waals surface area (Å²) in [6, 6.07) is 7.30. The van der Waals surface area contributed by atoms with Crippen LogP contribution in [0.15, 0.2) is 49.6 Å². The van der Waals surface area contributed by atoms with E-state index < -0.39 is 0 Å². The van der Waals surface area contributed by atoms with E-state index in [4.69, 9.17) is 0 Å². The van der Waals surface area contributed by atoms with E-state index in [9.17, 15) is 5.11 Å². The minimum Gasteiger partial charge on any atom is -0.508 e. The van der Waals surface area contributed by atoms with Crippen LogP contribution in [-0.4, -0.2) is 23.1 Å². The van der Waals surface area contributed by atoms with Crippen molar-refractivity contribution in [3.05, 3.63) is 55.1 Å². The van der Waals surface area contributed by atoms with Crippen LogP contribution in [0.4, 0.5) is 0 Å². The van der Waals surface area contributed by atoms with Crippen LogP contribution >= 0.6 is 0 Å². The smallest absolute Gasteiger partial charge is 0.115 e. The zero-order valence-corrected chi connectivity index (χ0v) is 8.89. The van der Waals surface area contributed by atoms with Crippen LogP contribution in [-0.2, 0) is 6.54 Å². The molecule has 0 fully saturated rings. The van der Waals surface area contributed by atoms with Gasteiger partial charge in [-0.2, -0.15) is 0 Å². The molecule has 0 spiro atoms. The average Bonchev–Trinajstić information content (AvgIpc) is 2.18. The number of rotatable bonds is 6. The maximum absolute atomic E-state index is 9.33. The van der Waals surface area contributed by atoms with Gasteiger partial charge in [0.2, 0.25) is 0 Å². The highest BCUT2D eigenvalue weighted by atomic mass is 16.3. The lowest BCUT2D eigenvalue weighted by atomic mass is 10.2. The molecule has 80 valence electrons. The molecule has 1 aromatic carbocycles. The molecule has 0 radical (unpaired) electrons. The Hall–Kier alpha value is -1.54. The van der Waals surface area contributed by atoms with Gasteiger partial charge in [-0.15, -0.1) is 13.2 Å². The second-order valence-electron chi connectivity index (χ2n) is 3.44. The van der Waals surface area contributed by atoms with Crippen molar-refractivity contribution in [3.8, 4) is 5.75 Å². The molecule has 1 aromatic rings. The van der Waals surface area contributed by atoms with Crippen molar-refractivity contribution in [1.29, 1.82) is 0 Å². The standard InChI is InChI=1S/C13H17NO/c1-3-8-14(9-4-2)11-12-6-5-7-13(15)10-12/h3-7,10,15H,1-2,8-9,11H2. The number of benzene rings is 1. The molecule has 0 aliphatic rings. The van der Waals surface area contributed by atoms with Crippen molar-refractivity contribution < 1.29 is 5.11 Å². The summed E-state index contributed by atoms with van der Waals surface area (Å²) in [4.78, 5) is 2.19. The summed E-state index contributed by atoms with van der Waals surface area (Å²) in [6.07, 6.45) is 3.73. The van der Waals surface area contributed by atoms with Crippen molar-refractivity contribution in [2.75, 3.05) is 13.1 Å². The van der Waals surface area contributed by atoms with Crippen molar-refractivity contribution in [2.24, 2.45) is 0 Å². The van der Waals surface area contributed by atoms with Crippen molar-refractivity contribution >= 4 is 0 Å². The minimum absolute atomic E-state index is 0.310. The zero-order valence-electron chi connectivity index (χ0n) is 8.89. The highest BCUT2D eigenvalue weighted by Gasteiger charge is 2.02. The van der Waals surface area contributed by atoms with Gasteiger partial charge in [-0.1, -0.05) is 24.3 Å². The maximum Gasteiger partial charge on any atom is 0.115 e. The number of phenols is 1. The molecule has 0 unspecified atom stereocenters. The molecule has 0 saturated heterocycles. The van der Waals surface area contributed by atoms with Gasteiger partial charge in [0.25, 0.3) is 0 Å². The van der Waals surface area contributed by atoms with E-state index in [1.54, 1.807) is 12.1 Å². The van der Waals surface area contributed by atoms with E-state index in [-0.39, 0.29) is 0 Å². The average molecular weight is 203 g/mol. The Morgan fingerprint density at radius 1 is 1.20 bits per heavy atom. The van der Waals surface area contributed by atoms with Gasteiger partial charge >= 0.3 is 0 Å². The summed E-state index contributed by atoms with van der Waals surface area (Å²) in [7, 11) is 0. The van der Waals surface area contributed by atoms with Gasteiger partial charge in [0.15, 0.2) is 0 Å². The summed E-state index contributed by atoms with van der Waals surface area (Å²) in [5.41, 5.74) is 1.10. The first-order valence-electron chi connectivity index (χ1n) is 4.98. The minimum atomic E-state index is 0.310. The van der Waals surface area contributed by atoms with Crippen molar-refractivity contribution in [2.45, 2.75) is 6.54 Å². The van der Waals surface area contributed by atoms with Crippen LogP contribution < -0.4 is 0 Å². The fourth-order valence-corrected chi connectivity index (χ4v) is 1.48. The van der Waals surface area contributed by atoms with Crippen LogP contribution in [0.2, 0.25) is 0 Å². The van der Waals surface area contributed by atoms with Crippen LogP contribution in [0.5, 0.6) is 5.75 Å². The molecule has 0 amide bonds. The van der Waals surface area contributed by atoms with E-state index in [1.165, 1.54) is 0 Å². The molecule has 0 heterocycles. The van der Waals surface area contributed by atoms with Crippen LogP contribution in [0.3, 0.4) is 0 Å². The van der Waals surface area contributed by atoms with E-state index in [2.05, 4.69) is 18.1 Å². The molecule has 1 N–H and O–H groups in total. The van der Waals surface area contributed by atoms with E-state index in [0.29, 0.717) is 5.75 Å². The quantitative estimate of drug-likeness (QED) is 0.718. The molecule has 0 aliphatic carbocycles. The molecule has 2 nitrogen and oxygen atoms in total. The lowest BCUT2D eigenvalue weighted by Gasteiger charge is -2.18. The van der Waals surface area contributed by atoms with Crippen LogP contribution in [0, 0.1) is 0 Å². The number of hydrogen-bond acceptors (Lipinski definition) is 2. The Morgan fingerprint density at radius 3 is 2.40 bits per heavy atom. The molecule has 0 aliphatic heterocycles. The third-order valence-electron chi connectivity index (χ3n) is 2.09. The predicted molar refractivity (Wildman–Crippen MR) is 63.8 cm³/mol. The lowest BCUT2D eigenvalue weighted by molar-refractivity contribution is 0.327. The van der Waals surface area contributed by atoms with Gasteiger partial charge in [0.05, 0.1) is 0 Å².